The Morgan fingerprint density at radius 3 is 2.61 bits per heavy atom. The fourth-order valence-electron chi connectivity index (χ4n) is 2.16. The lowest BCUT2D eigenvalue weighted by Gasteiger charge is -2.30. The van der Waals surface area contributed by atoms with Crippen molar-refractivity contribution in [3.05, 3.63) is 24.3 Å². The van der Waals surface area contributed by atoms with E-state index in [1.54, 1.807) is 18.9 Å². The molecule has 5 heteroatoms. The summed E-state index contributed by atoms with van der Waals surface area (Å²) in [6.45, 7) is 5.70. The van der Waals surface area contributed by atoms with Crippen molar-refractivity contribution < 1.29 is 4.79 Å². The second-order valence-corrected chi connectivity index (χ2v) is 4.81. The van der Waals surface area contributed by atoms with Crippen LogP contribution in [0.25, 0.3) is 11.0 Å². The van der Waals surface area contributed by atoms with Crippen molar-refractivity contribution in [2.45, 2.75) is 26.9 Å². The Hall–Kier alpha value is -1.91. The van der Waals surface area contributed by atoms with Crippen LogP contribution in [0.4, 0.5) is 0 Å². The maximum absolute atomic E-state index is 11.6. The summed E-state index contributed by atoms with van der Waals surface area (Å²) in [6.07, 6.45) is -0.116. The van der Waals surface area contributed by atoms with Gasteiger partial charge in [-0.3, -0.25) is 4.79 Å². The van der Waals surface area contributed by atoms with Crippen molar-refractivity contribution in [3.63, 3.8) is 0 Å². The molecule has 96 valence electrons. The molecule has 0 aliphatic heterocycles. The number of hydrogen-bond acceptors (Lipinski definition) is 3. The number of hydrogen-bond donors (Lipinski definition) is 0. The molecule has 18 heavy (non-hydrogen) atoms. The number of rotatable bonds is 3. The molecule has 1 atom stereocenters. The topological polar surface area (TPSA) is 51.0 Å². The second kappa shape index (κ2) is 4.76. The maximum atomic E-state index is 11.6. The van der Waals surface area contributed by atoms with E-state index < -0.39 is 0 Å². The first-order valence-corrected chi connectivity index (χ1v) is 6.05. The van der Waals surface area contributed by atoms with Gasteiger partial charge in [-0.1, -0.05) is 31.2 Å². The number of aromatic nitrogens is 3. The number of carbonyl (C=O) groups excluding carboxylic acids is 1. The molecule has 5 nitrogen and oxygen atoms in total. The zero-order valence-electron chi connectivity index (χ0n) is 11.2. The van der Waals surface area contributed by atoms with Crippen LogP contribution < -0.4 is 0 Å². The molecule has 1 aromatic carbocycles. The van der Waals surface area contributed by atoms with Gasteiger partial charge in [0.2, 0.25) is 5.91 Å². The molecule has 0 saturated carbocycles. The minimum absolute atomic E-state index is 0.0216. The van der Waals surface area contributed by atoms with Crippen LogP contribution in [0, 0.1) is 5.92 Å². The van der Waals surface area contributed by atoms with Crippen LogP contribution in [-0.2, 0) is 4.79 Å². The van der Waals surface area contributed by atoms with Crippen molar-refractivity contribution in [1.82, 2.24) is 19.9 Å². The minimum atomic E-state index is -0.116. The van der Waals surface area contributed by atoms with E-state index >= 15 is 0 Å². The third kappa shape index (κ3) is 2.08. The summed E-state index contributed by atoms with van der Waals surface area (Å²) in [4.78, 5) is 13.3. The van der Waals surface area contributed by atoms with Crippen molar-refractivity contribution >= 4 is 16.9 Å². The summed E-state index contributed by atoms with van der Waals surface area (Å²) in [7, 11) is 1.80. The smallest absolute Gasteiger partial charge is 0.220 e. The molecule has 1 amide bonds. The fraction of sp³-hybridized carbons (Fsp3) is 0.462. The van der Waals surface area contributed by atoms with E-state index in [0.29, 0.717) is 0 Å². The average Bonchev–Trinajstić information content (AvgIpc) is 2.73. The zero-order valence-corrected chi connectivity index (χ0v) is 11.2. The molecule has 2 rings (SSSR count). The Bertz CT molecular complexity index is 561. The maximum Gasteiger partial charge on any atom is 0.220 e. The van der Waals surface area contributed by atoms with Crippen LogP contribution in [0.2, 0.25) is 0 Å². The van der Waals surface area contributed by atoms with Gasteiger partial charge in [0.05, 0.1) is 5.52 Å². The number of para-hydroxylation sites is 1. The van der Waals surface area contributed by atoms with E-state index in [2.05, 4.69) is 24.2 Å². The van der Waals surface area contributed by atoms with E-state index in [9.17, 15) is 4.79 Å². The van der Waals surface area contributed by atoms with Gasteiger partial charge < -0.3 is 4.90 Å². The summed E-state index contributed by atoms with van der Waals surface area (Å²) >= 11 is 0. The van der Waals surface area contributed by atoms with Gasteiger partial charge in [-0.15, -0.1) is 5.10 Å². The molecule has 1 aromatic heterocycles. The lowest BCUT2D eigenvalue weighted by Crippen LogP contribution is -2.36. The Morgan fingerprint density at radius 2 is 2.00 bits per heavy atom. The molecule has 0 N–H and O–H groups in total. The van der Waals surface area contributed by atoms with Crippen LogP contribution in [0.15, 0.2) is 24.3 Å². The highest BCUT2D eigenvalue weighted by Gasteiger charge is 2.25. The first kappa shape index (κ1) is 12.5. The Labute approximate surface area is 106 Å². The van der Waals surface area contributed by atoms with Crippen LogP contribution in [0.1, 0.15) is 26.9 Å². The van der Waals surface area contributed by atoms with E-state index in [4.69, 9.17) is 0 Å². The molecule has 0 radical (unpaired) electrons. The van der Waals surface area contributed by atoms with E-state index in [-0.39, 0.29) is 18.0 Å². The standard InChI is InChI=1S/C13H18N4O/c1-9(2)13(16(4)10(3)18)17-12-8-6-5-7-11(12)14-15-17/h5-9,13H,1-4H3. The molecule has 0 saturated heterocycles. The summed E-state index contributed by atoms with van der Waals surface area (Å²) in [5.74, 6) is 0.275. The van der Waals surface area contributed by atoms with Crippen molar-refractivity contribution in [3.8, 4) is 0 Å². The Kier molecular flexibility index (Phi) is 3.32. The Morgan fingerprint density at radius 1 is 1.33 bits per heavy atom. The SMILES string of the molecule is CC(=O)N(C)C(C(C)C)n1nnc2ccccc21. The average molecular weight is 246 g/mol. The molecule has 0 spiro atoms. The summed E-state index contributed by atoms with van der Waals surface area (Å²) in [5.41, 5.74) is 1.80. The van der Waals surface area contributed by atoms with Gasteiger partial charge in [0.1, 0.15) is 11.7 Å². The van der Waals surface area contributed by atoms with Crippen molar-refractivity contribution in [2.24, 2.45) is 5.92 Å². The quantitative estimate of drug-likeness (QED) is 0.833. The molecular formula is C13H18N4O. The van der Waals surface area contributed by atoms with Crippen LogP contribution in [0.3, 0.4) is 0 Å². The van der Waals surface area contributed by atoms with Gasteiger partial charge in [0.15, 0.2) is 0 Å². The first-order valence-electron chi connectivity index (χ1n) is 6.05. The van der Waals surface area contributed by atoms with Gasteiger partial charge in [-0.25, -0.2) is 4.68 Å². The molecule has 0 aliphatic carbocycles. The van der Waals surface area contributed by atoms with Gasteiger partial charge in [0.25, 0.3) is 0 Å². The van der Waals surface area contributed by atoms with Crippen molar-refractivity contribution in [2.75, 3.05) is 7.05 Å². The van der Waals surface area contributed by atoms with Gasteiger partial charge in [-0.05, 0) is 18.1 Å². The monoisotopic (exact) mass is 246 g/mol. The summed E-state index contributed by atoms with van der Waals surface area (Å²) < 4.78 is 1.82. The lowest BCUT2D eigenvalue weighted by molar-refractivity contribution is -0.132. The van der Waals surface area contributed by atoms with Crippen molar-refractivity contribution in [1.29, 1.82) is 0 Å². The fourth-order valence-corrected chi connectivity index (χ4v) is 2.16. The molecule has 0 aliphatic rings. The molecule has 0 bridgehead atoms. The van der Waals surface area contributed by atoms with E-state index in [1.807, 2.05) is 28.9 Å². The number of carbonyl (C=O) groups is 1. The summed E-state index contributed by atoms with van der Waals surface area (Å²) in [6, 6.07) is 7.77. The zero-order chi connectivity index (χ0) is 13.3. The Balaban J connectivity index is 2.52. The van der Waals surface area contributed by atoms with Gasteiger partial charge in [0, 0.05) is 14.0 Å². The first-order chi connectivity index (χ1) is 8.52. The second-order valence-electron chi connectivity index (χ2n) is 4.81. The summed E-state index contributed by atoms with van der Waals surface area (Å²) in [5, 5.41) is 8.33. The van der Waals surface area contributed by atoms with Crippen LogP contribution in [0.5, 0.6) is 0 Å². The predicted molar refractivity (Wildman–Crippen MR) is 69.8 cm³/mol. The number of fused-ring (bicyclic) bond motifs is 1. The van der Waals surface area contributed by atoms with Crippen LogP contribution in [-0.4, -0.2) is 32.8 Å². The molecule has 1 unspecified atom stereocenters. The predicted octanol–water partition coefficient (Wildman–Crippen LogP) is 2.06. The number of benzene rings is 1. The normalized spacial score (nSPS) is 12.9. The van der Waals surface area contributed by atoms with Gasteiger partial charge >= 0.3 is 0 Å². The molecule has 1 heterocycles. The van der Waals surface area contributed by atoms with E-state index in [1.165, 1.54) is 0 Å². The third-order valence-electron chi connectivity index (χ3n) is 3.12. The minimum Gasteiger partial charge on any atom is -0.323 e. The molecule has 0 fully saturated rings. The number of nitrogens with zero attached hydrogens (tertiary/aromatic N) is 4. The van der Waals surface area contributed by atoms with Crippen LogP contribution >= 0.6 is 0 Å². The highest BCUT2D eigenvalue weighted by atomic mass is 16.2. The molecule has 2 aromatic rings. The van der Waals surface area contributed by atoms with Gasteiger partial charge in [-0.2, -0.15) is 0 Å². The highest BCUT2D eigenvalue weighted by Crippen LogP contribution is 2.24. The molecular weight excluding hydrogens is 228 g/mol. The number of amides is 1. The lowest BCUT2D eigenvalue weighted by atomic mass is 10.1. The van der Waals surface area contributed by atoms with E-state index in [0.717, 1.165) is 11.0 Å². The largest absolute Gasteiger partial charge is 0.323 e. The third-order valence-corrected chi connectivity index (χ3v) is 3.12. The highest BCUT2D eigenvalue weighted by molar-refractivity contribution is 5.75.